The maximum absolute atomic E-state index is 4.35. The smallest absolute Gasteiger partial charge is 0.191 e. The Bertz CT molecular complexity index is 463. The van der Waals surface area contributed by atoms with Gasteiger partial charge in [0.25, 0.3) is 0 Å². The molecule has 1 aliphatic rings. The fraction of sp³-hybridized carbons (Fsp3) is 0.706. The van der Waals surface area contributed by atoms with Crippen LogP contribution in [0, 0.1) is 5.92 Å². The highest BCUT2D eigenvalue weighted by Crippen LogP contribution is 2.13. The molecule has 130 valence electrons. The molecule has 0 amide bonds. The van der Waals surface area contributed by atoms with Gasteiger partial charge in [-0.05, 0) is 24.4 Å². The Kier molecular flexibility index (Phi) is 7.33. The molecule has 2 rings (SSSR count). The summed E-state index contributed by atoms with van der Waals surface area (Å²) in [7, 11) is 4.04. The molecule has 2 heterocycles. The van der Waals surface area contributed by atoms with Crippen LogP contribution in [0.1, 0.15) is 18.7 Å². The normalized spacial score (nSPS) is 19.1. The number of hydrogen-bond donors (Lipinski definition) is 2. The molecule has 23 heavy (non-hydrogen) atoms. The first-order valence-electron chi connectivity index (χ1n) is 8.49. The molecule has 0 spiro atoms. The van der Waals surface area contributed by atoms with Gasteiger partial charge < -0.3 is 15.5 Å². The summed E-state index contributed by atoms with van der Waals surface area (Å²) in [6.45, 7) is 11.0. The van der Waals surface area contributed by atoms with Gasteiger partial charge in [0.2, 0.25) is 0 Å². The molecule has 0 aliphatic carbocycles. The molecule has 0 saturated carbocycles. The van der Waals surface area contributed by atoms with E-state index in [0.717, 1.165) is 45.2 Å². The molecule has 1 aromatic heterocycles. The van der Waals surface area contributed by atoms with Crippen molar-refractivity contribution in [3.8, 4) is 0 Å². The van der Waals surface area contributed by atoms with Crippen LogP contribution in [-0.2, 0) is 6.54 Å². The van der Waals surface area contributed by atoms with Crippen LogP contribution in [0.3, 0.4) is 0 Å². The number of thiophene rings is 1. The second-order valence-electron chi connectivity index (χ2n) is 6.54. The van der Waals surface area contributed by atoms with Crippen molar-refractivity contribution in [1.29, 1.82) is 0 Å². The van der Waals surface area contributed by atoms with Crippen LogP contribution in [-0.4, -0.2) is 68.6 Å². The molecule has 2 N–H and O–H groups in total. The summed E-state index contributed by atoms with van der Waals surface area (Å²) in [6.07, 6.45) is 0. The molecular weight excluding hydrogens is 306 g/mol. The van der Waals surface area contributed by atoms with Gasteiger partial charge in [0.05, 0.1) is 6.54 Å². The highest BCUT2D eigenvalue weighted by molar-refractivity contribution is 7.09. The van der Waals surface area contributed by atoms with Crippen molar-refractivity contribution in [2.45, 2.75) is 26.4 Å². The number of nitrogens with one attached hydrogen (secondary N) is 2. The number of guanidine groups is 1. The molecule has 1 saturated heterocycles. The van der Waals surface area contributed by atoms with E-state index in [4.69, 9.17) is 0 Å². The van der Waals surface area contributed by atoms with Crippen molar-refractivity contribution < 1.29 is 0 Å². The summed E-state index contributed by atoms with van der Waals surface area (Å²) in [4.78, 5) is 10.7. The summed E-state index contributed by atoms with van der Waals surface area (Å²) in [5.74, 6) is 1.51. The molecular formula is C17H31N5S. The standard InChI is InChI=1S/C17H31N5S/c1-14(2)16(22-9-7-21(4)8-10-22)13-20-17(18-3)19-12-15-6-5-11-23-15/h5-6,11,14,16H,7-10,12-13H2,1-4H3,(H2,18,19,20). The van der Waals surface area contributed by atoms with Gasteiger partial charge in [-0.1, -0.05) is 19.9 Å². The lowest BCUT2D eigenvalue weighted by Gasteiger charge is -2.40. The Morgan fingerprint density at radius 2 is 2.00 bits per heavy atom. The quantitative estimate of drug-likeness (QED) is 0.612. The van der Waals surface area contributed by atoms with Gasteiger partial charge in [0.15, 0.2) is 5.96 Å². The third kappa shape index (κ3) is 5.79. The predicted octanol–water partition coefficient (Wildman–Crippen LogP) is 1.69. The molecule has 0 radical (unpaired) electrons. The molecule has 0 aromatic carbocycles. The minimum atomic E-state index is 0.545. The number of aliphatic imine (C=N–C) groups is 1. The van der Waals surface area contributed by atoms with Crippen LogP contribution in [0.5, 0.6) is 0 Å². The number of piperazine rings is 1. The summed E-state index contributed by atoms with van der Waals surface area (Å²) in [5, 5.41) is 9.02. The maximum Gasteiger partial charge on any atom is 0.191 e. The van der Waals surface area contributed by atoms with Gasteiger partial charge in [0.1, 0.15) is 0 Å². The third-order valence-corrected chi connectivity index (χ3v) is 5.37. The zero-order valence-corrected chi connectivity index (χ0v) is 15.7. The Morgan fingerprint density at radius 1 is 1.26 bits per heavy atom. The van der Waals surface area contributed by atoms with E-state index in [-0.39, 0.29) is 0 Å². The summed E-state index contributed by atoms with van der Waals surface area (Å²) < 4.78 is 0. The lowest BCUT2D eigenvalue weighted by Crippen LogP contribution is -2.55. The Balaban J connectivity index is 1.82. The molecule has 5 nitrogen and oxygen atoms in total. The van der Waals surface area contributed by atoms with Gasteiger partial charge in [-0.15, -0.1) is 11.3 Å². The number of likely N-dealkylation sites (N-methyl/N-ethyl adjacent to an activating group) is 1. The van der Waals surface area contributed by atoms with E-state index in [1.165, 1.54) is 4.88 Å². The van der Waals surface area contributed by atoms with Crippen LogP contribution in [0.25, 0.3) is 0 Å². The lowest BCUT2D eigenvalue weighted by atomic mass is 10.0. The Morgan fingerprint density at radius 3 is 2.57 bits per heavy atom. The zero-order valence-electron chi connectivity index (χ0n) is 14.9. The van der Waals surface area contributed by atoms with Crippen molar-refractivity contribution in [3.63, 3.8) is 0 Å². The second kappa shape index (κ2) is 9.25. The van der Waals surface area contributed by atoms with E-state index in [2.05, 4.69) is 63.8 Å². The fourth-order valence-corrected chi connectivity index (χ4v) is 3.59. The minimum absolute atomic E-state index is 0.545. The van der Waals surface area contributed by atoms with Crippen LogP contribution in [0.2, 0.25) is 0 Å². The van der Waals surface area contributed by atoms with Crippen molar-refractivity contribution in [2.24, 2.45) is 10.9 Å². The maximum atomic E-state index is 4.35. The molecule has 0 bridgehead atoms. The summed E-state index contributed by atoms with van der Waals surface area (Å²) >= 11 is 1.77. The largest absolute Gasteiger partial charge is 0.355 e. The lowest BCUT2D eigenvalue weighted by molar-refractivity contribution is 0.0900. The van der Waals surface area contributed by atoms with E-state index in [1.54, 1.807) is 11.3 Å². The first kappa shape index (κ1) is 18.2. The van der Waals surface area contributed by atoms with Gasteiger partial charge in [0, 0.05) is 50.7 Å². The highest BCUT2D eigenvalue weighted by atomic mass is 32.1. The van der Waals surface area contributed by atoms with Crippen molar-refractivity contribution in [2.75, 3.05) is 46.8 Å². The fourth-order valence-electron chi connectivity index (χ4n) is 2.95. The van der Waals surface area contributed by atoms with E-state index in [9.17, 15) is 0 Å². The van der Waals surface area contributed by atoms with Crippen LogP contribution >= 0.6 is 11.3 Å². The number of rotatable bonds is 6. The average molecular weight is 338 g/mol. The predicted molar refractivity (Wildman–Crippen MR) is 100 cm³/mol. The molecule has 1 fully saturated rings. The van der Waals surface area contributed by atoms with Gasteiger partial charge in [-0.2, -0.15) is 0 Å². The highest BCUT2D eigenvalue weighted by Gasteiger charge is 2.24. The zero-order chi connectivity index (χ0) is 16.7. The van der Waals surface area contributed by atoms with Gasteiger partial charge in [-0.3, -0.25) is 9.89 Å². The Hall–Kier alpha value is -1.11. The van der Waals surface area contributed by atoms with Gasteiger partial charge >= 0.3 is 0 Å². The van der Waals surface area contributed by atoms with Crippen LogP contribution in [0.4, 0.5) is 0 Å². The Labute approximate surface area is 144 Å². The van der Waals surface area contributed by atoms with Crippen molar-refractivity contribution in [3.05, 3.63) is 22.4 Å². The first-order chi connectivity index (χ1) is 11.1. The third-order valence-electron chi connectivity index (χ3n) is 4.49. The monoisotopic (exact) mass is 337 g/mol. The molecule has 1 aromatic rings. The van der Waals surface area contributed by atoms with E-state index >= 15 is 0 Å². The molecule has 6 heteroatoms. The van der Waals surface area contributed by atoms with E-state index < -0.39 is 0 Å². The van der Waals surface area contributed by atoms with Crippen LogP contribution in [0.15, 0.2) is 22.5 Å². The van der Waals surface area contributed by atoms with E-state index in [1.807, 2.05) is 7.05 Å². The van der Waals surface area contributed by atoms with Crippen molar-refractivity contribution in [1.82, 2.24) is 20.4 Å². The topological polar surface area (TPSA) is 42.9 Å². The summed E-state index contributed by atoms with van der Waals surface area (Å²) in [5.41, 5.74) is 0. The molecule has 1 unspecified atom stereocenters. The molecule has 1 atom stereocenters. The van der Waals surface area contributed by atoms with E-state index in [0.29, 0.717) is 12.0 Å². The van der Waals surface area contributed by atoms with Gasteiger partial charge in [-0.25, -0.2) is 0 Å². The first-order valence-corrected chi connectivity index (χ1v) is 9.37. The number of hydrogen-bond acceptors (Lipinski definition) is 4. The average Bonchev–Trinajstić information content (AvgIpc) is 3.05. The van der Waals surface area contributed by atoms with Crippen molar-refractivity contribution >= 4 is 17.3 Å². The molecule has 1 aliphatic heterocycles. The van der Waals surface area contributed by atoms with Crippen LogP contribution < -0.4 is 10.6 Å². The minimum Gasteiger partial charge on any atom is -0.355 e. The SMILES string of the molecule is CN=C(NCc1cccs1)NCC(C(C)C)N1CCN(C)CC1. The summed E-state index contributed by atoms with van der Waals surface area (Å²) in [6, 6.07) is 4.77. The number of nitrogens with zero attached hydrogens (tertiary/aromatic N) is 3. The second-order valence-corrected chi connectivity index (χ2v) is 7.57.